The average molecular weight is 451 g/mol. The van der Waals surface area contributed by atoms with Crippen molar-refractivity contribution in [2.24, 2.45) is 0 Å². The molecule has 3 rings (SSSR count). The minimum atomic E-state index is -4.25. The Bertz CT molecular complexity index is 1150. The Morgan fingerprint density at radius 3 is 2.61 bits per heavy atom. The van der Waals surface area contributed by atoms with Crippen molar-refractivity contribution in [1.82, 2.24) is 10.2 Å². The highest BCUT2D eigenvalue weighted by Gasteiger charge is 2.26. The zero-order valence-corrected chi connectivity index (χ0v) is 17.2. The van der Waals surface area contributed by atoms with E-state index in [1.165, 1.54) is 18.2 Å². The molecule has 0 saturated heterocycles. The van der Waals surface area contributed by atoms with Crippen LogP contribution in [0.2, 0.25) is 0 Å². The Labute approximate surface area is 177 Å². The maximum atomic E-state index is 12.8. The molecule has 2 N–H and O–H groups in total. The van der Waals surface area contributed by atoms with Gasteiger partial charge in [0.1, 0.15) is 11.3 Å². The van der Waals surface area contributed by atoms with Crippen LogP contribution >= 0.6 is 0 Å². The number of benzene rings is 2. The van der Waals surface area contributed by atoms with Crippen LogP contribution in [0, 0.1) is 0 Å². The number of anilines is 1. The van der Waals surface area contributed by atoms with Crippen molar-refractivity contribution >= 4 is 21.7 Å². The van der Waals surface area contributed by atoms with E-state index in [4.69, 9.17) is 4.74 Å². The molecule has 0 aliphatic carbocycles. The molecule has 0 aliphatic heterocycles. The first-order valence-corrected chi connectivity index (χ1v) is 10.6. The van der Waals surface area contributed by atoms with Gasteiger partial charge in [-0.25, -0.2) is 4.79 Å². The first-order chi connectivity index (χ1) is 14.8. The Balaban J connectivity index is 1.92. The van der Waals surface area contributed by atoms with Crippen molar-refractivity contribution in [2.75, 3.05) is 11.3 Å². The lowest BCUT2D eigenvalue weighted by Gasteiger charge is -2.14. The predicted molar refractivity (Wildman–Crippen MR) is 108 cm³/mol. The van der Waals surface area contributed by atoms with Crippen LogP contribution in [-0.4, -0.2) is 37.8 Å². The summed E-state index contributed by atoms with van der Waals surface area (Å²) in [7, 11) is -4.25. The molecule has 11 heteroatoms. The van der Waals surface area contributed by atoms with Gasteiger partial charge in [-0.2, -0.15) is 22.3 Å². The van der Waals surface area contributed by atoms with Crippen LogP contribution < -0.4 is 9.46 Å². The van der Waals surface area contributed by atoms with Gasteiger partial charge in [-0.3, -0.25) is 9.82 Å². The van der Waals surface area contributed by atoms with Gasteiger partial charge in [0, 0.05) is 17.7 Å². The van der Waals surface area contributed by atoms with E-state index in [1.54, 1.807) is 31.2 Å². The number of aromatic amines is 1. The number of rotatable bonds is 9. The fourth-order valence-corrected chi connectivity index (χ4v) is 3.99. The average Bonchev–Trinajstić information content (AvgIpc) is 3.22. The number of H-pyrrole nitrogens is 1. The van der Waals surface area contributed by atoms with Gasteiger partial charge in [0.05, 0.1) is 12.8 Å². The summed E-state index contributed by atoms with van der Waals surface area (Å²) < 4.78 is 62.9. The number of carbonyl (C=O) groups excluding carboxylic acids is 1. The maximum Gasteiger partial charge on any atom is 0.387 e. The highest BCUT2D eigenvalue weighted by Crippen LogP contribution is 2.28. The second kappa shape index (κ2) is 9.56. The fourth-order valence-electron chi connectivity index (χ4n) is 2.85. The molecule has 164 valence electrons. The first-order valence-electron chi connectivity index (χ1n) is 9.15. The third-order valence-electron chi connectivity index (χ3n) is 4.13. The van der Waals surface area contributed by atoms with Crippen LogP contribution in [0.5, 0.6) is 5.75 Å². The van der Waals surface area contributed by atoms with E-state index in [0.717, 1.165) is 11.8 Å². The van der Waals surface area contributed by atoms with Gasteiger partial charge >= 0.3 is 12.6 Å². The lowest BCUT2D eigenvalue weighted by atomic mass is 10.0. The molecule has 0 unspecified atom stereocenters. The molecule has 1 aromatic heterocycles. The number of hydrogen-bond acceptors (Lipinski definition) is 6. The molecule has 0 saturated carbocycles. The summed E-state index contributed by atoms with van der Waals surface area (Å²) in [5.41, 5.74) is 1.01. The van der Waals surface area contributed by atoms with Gasteiger partial charge < -0.3 is 9.47 Å². The number of carbonyl (C=O) groups is 1. The Morgan fingerprint density at radius 2 is 1.94 bits per heavy atom. The van der Waals surface area contributed by atoms with Crippen LogP contribution in [0.1, 0.15) is 28.4 Å². The minimum Gasteiger partial charge on any atom is -0.462 e. The molecule has 0 atom stereocenters. The number of nitrogens with one attached hydrogen (secondary N) is 2. The molecule has 0 radical (unpaired) electrons. The number of esters is 1. The van der Waals surface area contributed by atoms with Crippen molar-refractivity contribution in [2.45, 2.75) is 25.0 Å². The third kappa shape index (κ3) is 5.57. The monoisotopic (exact) mass is 451 g/mol. The van der Waals surface area contributed by atoms with Gasteiger partial charge in [-0.1, -0.05) is 30.3 Å². The fraction of sp³-hybridized carbons (Fsp3) is 0.200. The van der Waals surface area contributed by atoms with E-state index >= 15 is 0 Å². The van der Waals surface area contributed by atoms with Crippen molar-refractivity contribution in [1.29, 1.82) is 0 Å². The molecule has 0 spiro atoms. The van der Waals surface area contributed by atoms with E-state index in [2.05, 4.69) is 19.7 Å². The normalized spacial score (nSPS) is 11.4. The van der Waals surface area contributed by atoms with Crippen LogP contribution in [0.15, 0.2) is 59.8 Å². The number of halogens is 2. The molecule has 0 bridgehead atoms. The van der Waals surface area contributed by atoms with Crippen molar-refractivity contribution < 1.29 is 31.5 Å². The summed E-state index contributed by atoms with van der Waals surface area (Å²) in [5, 5.41) is 5.41. The second-order valence-electron chi connectivity index (χ2n) is 6.30. The Hall–Kier alpha value is -3.47. The molecule has 2 aromatic carbocycles. The number of ether oxygens (including phenoxy) is 2. The third-order valence-corrected chi connectivity index (χ3v) is 5.49. The van der Waals surface area contributed by atoms with Crippen LogP contribution in [0.3, 0.4) is 0 Å². The number of aromatic nitrogens is 2. The molecule has 0 fully saturated rings. The molecular weight excluding hydrogens is 432 g/mol. The van der Waals surface area contributed by atoms with Gasteiger partial charge in [-0.05, 0) is 30.7 Å². The highest BCUT2D eigenvalue weighted by atomic mass is 32.2. The Kier molecular flexibility index (Phi) is 6.85. The Morgan fingerprint density at radius 1 is 1.19 bits per heavy atom. The topological polar surface area (TPSA) is 110 Å². The van der Waals surface area contributed by atoms with Gasteiger partial charge in [0.25, 0.3) is 10.0 Å². The van der Waals surface area contributed by atoms with Gasteiger partial charge in [0.2, 0.25) is 0 Å². The zero-order chi connectivity index (χ0) is 22.4. The lowest BCUT2D eigenvalue weighted by Crippen LogP contribution is -2.18. The maximum absolute atomic E-state index is 12.8. The van der Waals surface area contributed by atoms with Crippen molar-refractivity contribution in [3.63, 3.8) is 0 Å². The summed E-state index contributed by atoms with van der Waals surface area (Å²) in [4.78, 5) is 12.0. The first kappa shape index (κ1) is 22.2. The largest absolute Gasteiger partial charge is 0.462 e. The summed E-state index contributed by atoms with van der Waals surface area (Å²) in [6.07, 6.45) is 1.28. The van der Waals surface area contributed by atoms with Crippen LogP contribution in [0.25, 0.3) is 0 Å². The molecule has 0 amide bonds. The lowest BCUT2D eigenvalue weighted by molar-refractivity contribution is -0.0503. The number of alkyl halides is 2. The summed E-state index contributed by atoms with van der Waals surface area (Å²) >= 11 is 0. The van der Waals surface area contributed by atoms with Crippen molar-refractivity contribution in [3.8, 4) is 5.75 Å². The SMILES string of the molecule is CCOC(=O)c1cn[nH]c1S(=O)(=O)Nc1ccc(OC(F)F)c(Cc2ccccc2)c1. The molecule has 3 aromatic rings. The number of hydrogen-bond donors (Lipinski definition) is 2. The molecule has 1 heterocycles. The van der Waals surface area contributed by atoms with Gasteiger partial charge in [0.15, 0.2) is 5.03 Å². The van der Waals surface area contributed by atoms with Gasteiger partial charge in [-0.15, -0.1) is 0 Å². The summed E-state index contributed by atoms with van der Waals surface area (Å²) in [6, 6.07) is 12.9. The molecule has 8 nitrogen and oxygen atoms in total. The van der Waals surface area contributed by atoms with Crippen molar-refractivity contribution in [3.05, 3.63) is 71.4 Å². The highest BCUT2D eigenvalue weighted by molar-refractivity contribution is 7.92. The molecule has 31 heavy (non-hydrogen) atoms. The second-order valence-corrected chi connectivity index (χ2v) is 7.92. The van der Waals surface area contributed by atoms with Crippen LogP contribution in [-0.2, 0) is 21.2 Å². The molecular formula is C20H19F2N3O5S. The van der Waals surface area contributed by atoms with E-state index < -0.39 is 27.6 Å². The zero-order valence-electron chi connectivity index (χ0n) is 16.3. The van der Waals surface area contributed by atoms with E-state index in [0.29, 0.717) is 5.56 Å². The quantitative estimate of drug-likeness (QED) is 0.481. The standard InChI is InChI=1S/C20H19F2N3O5S/c1-2-29-19(26)16-12-23-24-18(16)31(27,28)25-15-8-9-17(30-20(21)22)14(11-15)10-13-6-4-3-5-7-13/h3-9,11-12,20,25H,2,10H2,1H3,(H,23,24). The number of sulfonamides is 1. The van der Waals surface area contributed by atoms with E-state index in [-0.39, 0.29) is 30.0 Å². The number of nitrogens with zero attached hydrogens (tertiary/aromatic N) is 1. The van der Waals surface area contributed by atoms with Crippen LogP contribution in [0.4, 0.5) is 14.5 Å². The smallest absolute Gasteiger partial charge is 0.387 e. The minimum absolute atomic E-state index is 0.0609. The van der Waals surface area contributed by atoms with E-state index in [9.17, 15) is 22.0 Å². The summed E-state index contributed by atoms with van der Waals surface area (Å²) in [5.74, 6) is -0.919. The molecule has 0 aliphatic rings. The summed E-state index contributed by atoms with van der Waals surface area (Å²) in [6.45, 7) is -1.39. The van der Waals surface area contributed by atoms with E-state index in [1.807, 2.05) is 6.07 Å². The predicted octanol–water partition coefficient (Wildman–Crippen LogP) is 3.58.